The Hall–Kier alpha value is -0.420. The molecule has 0 aromatic heterocycles. The van der Waals surface area contributed by atoms with Gasteiger partial charge in [0.25, 0.3) is 0 Å². The monoisotopic (exact) mass is 270 g/mol. The van der Waals surface area contributed by atoms with E-state index in [1.807, 2.05) is 7.05 Å². The van der Waals surface area contributed by atoms with Crippen molar-refractivity contribution in [2.75, 3.05) is 39.9 Å². The van der Waals surface area contributed by atoms with Gasteiger partial charge in [-0.3, -0.25) is 4.90 Å². The van der Waals surface area contributed by atoms with E-state index in [4.69, 9.17) is 4.74 Å². The third-order valence-electron chi connectivity index (χ3n) is 3.35. The van der Waals surface area contributed by atoms with Crippen LogP contribution in [0.4, 0.5) is 0 Å². The predicted molar refractivity (Wildman–Crippen MR) is 79.4 cm³/mol. The number of rotatable bonds is 6. The first-order chi connectivity index (χ1) is 8.70. The van der Waals surface area contributed by atoms with Crippen molar-refractivity contribution in [1.82, 2.24) is 10.2 Å². The Labute approximate surface area is 117 Å². The highest BCUT2D eigenvalue weighted by atomic mass is 16.5. The summed E-state index contributed by atoms with van der Waals surface area (Å²) in [6.45, 7) is 14.2. The topological polar surface area (TPSA) is 44.7 Å². The second kappa shape index (κ2) is 6.84. The number of nitrogens with zero attached hydrogens (tertiary/aromatic N) is 1. The van der Waals surface area contributed by atoms with E-state index in [-0.39, 0.29) is 5.54 Å². The van der Waals surface area contributed by atoms with Crippen molar-refractivity contribution in [1.29, 1.82) is 0 Å². The Kier molecular flexibility index (Phi) is 5.99. The second-order valence-electron chi connectivity index (χ2n) is 6.86. The largest absolute Gasteiger partial charge is 0.388 e. The van der Waals surface area contributed by atoms with Gasteiger partial charge in [0.1, 0.15) is 0 Å². The Bertz CT molecular complexity index is 291. The number of aliphatic hydroxyl groups is 1. The molecule has 1 rings (SSSR count). The van der Waals surface area contributed by atoms with E-state index < -0.39 is 5.60 Å². The van der Waals surface area contributed by atoms with Crippen LogP contribution in [-0.4, -0.2) is 61.0 Å². The minimum absolute atomic E-state index is 0.112. The van der Waals surface area contributed by atoms with Crippen LogP contribution in [0.1, 0.15) is 33.6 Å². The standard InChI is InChI=1S/C15H30N2O2/c1-13(10-16-14(2,3)4)11-17(5)12-15(18)6-8-19-9-7-15/h16,18H,1,6-12H2,2-5H3. The summed E-state index contributed by atoms with van der Waals surface area (Å²) in [7, 11) is 2.04. The van der Waals surface area contributed by atoms with Gasteiger partial charge in [-0.05, 0) is 33.4 Å². The Balaban J connectivity index is 2.30. The lowest BCUT2D eigenvalue weighted by Crippen LogP contribution is -2.46. The van der Waals surface area contributed by atoms with E-state index in [1.165, 1.54) is 0 Å². The molecule has 1 aliphatic rings. The second-order valence-corrected chi connectivity index (χ2v) is 6.86. The van der Waals surface area contributed by atoms with E-state index in [0.29, 0.717) is 19.8 Å². The van der Waals surface area contributed by atoms with Crippen LogP contribution in [0.2, 0.25) is 0 Å². The van der Waals surface area contributed by atoms with Crippen molar-refractivity contribution in [3.8, 4) is 0 Å². The summed E-state index contributed by atoms with van der Waals surface area (Å²) in [6, 6.07) is 0. The van der Waals surface area contributed by atoms with Crippen LogP contribution >= 0.6 is 0 Å². The molecule has 112 valence electrons. The number of hydrogen-bond donors (Lipinski definition) is 2. The molecule has 4 heteroatoms. The van der Waals surface area contributed by atoms with Crippen LogP contribution in [0.3, 0.4) is 0 Å². The minimum atomic E-state index is -0.593. The summed E-state index contributed by atoms with van der Waals surface area (Å²) in [5.74, 6) is 0. The zero-order chi connectivity index (χ0) is 14.5. The molecule has 2 N–H and O–H groups in total. The van der Waals surface area contributed by atoms with Gasteiger partial charge in [-0.1, -0.05) is 6.58 Å². The van der Waals surface area contributed by atoms with Gasteiger partial charge in [0.05, 0.1) is 5.60 Å². The molecule has 4 nitrogen and oxygen atoms in total. The third-order valence-corrected chi connectivity index (χ3v) is 3.35. The van der Waals surface area contributed by atoms with Crippen molar-refractivity contribution in [2.24, 2.45) is 0 Å². The zero-order valence-corrected chi connectivity index (χ0v) is 13.0. The SMILES string of the molecule is C=C(CNC(C)(C)C)CN(C)CC1(O)CCOCC1. The van der Waals surface area contributed by atoms with Crippen LogP contribution in [0, 0.1) is 0 Å². The minimum Gasteiger partial charge on any atom is -0.388 e. The van der Waals surface area contributed by atoms with E-state index >= 15 is 0 Å². The lowest BCUT2D eigenvalue weighted by Gasteiger charge is -2.35. The van der Waals surface area contributed by atoms with Gasteiger partial charge in [0.2, 0.25) is 0 Å². The number of likely N-dealkylation sites (N-methyl/N-ethyl adjacent to an activating group) is 1. The molecule has 0 aromatic rings. The first-order valence-corrected chi connectivity index (χ1v) is 7.11. The molecule has 0 spiro atoms. The molecular weight excluding hydrogens is 240 g/mol. The molecule has 0 amide bonds. The van der Waals surface area contributed by atoms with E-state index in [9.17, 15) is 5.11 Å². The van der Waals surface area contributed by atoms with Crippen LogP contribution in [0.15, 0.2) is 12.2 Å². The van der Waals surface area contributed by atoms with Crippen LogP contribution in [0.25, 0.3) is 0 Å². The summed E-state index contributed by atoms with van der Waals surface area (Å²) >= 11 is 0. The molecule has 1 heterocycles. The highest BCUT2D eigenvalue weighted by Crippen LogP contribution is 2.21. The molecular formula is C15H30N2O2. The van der Waals surface area contributed by atoms with Crippen molar-refractivity contribution >= 4 is 0 Å². The summed E-state index contributed by atoms with van der Waals surface area (Å²) in [5.41, 5.74) is 0.665. The van der Waals surface area contributed by atoms with Crippen LogP contribution in [0.5, 0.6) is 0 Å². The van der Waals surface area contributed by atoms with Gasteiger partial charge >= 0.3 is 0 Å². The van der Waals surface area contributed by atoms with E-state index in [0.717, 1.165) is 31.5 Å². The normalized spacial score (nSPS) is 19.7. The first kappa shape index (κ1) is 16.6. The van der Waals surface area contributed by atoms with Crippen LogP contribution in [-0.2, 0) is 4.74 Å². The van der Waals surface area contributed by atoms with Gasteiger partial charge in [-0.2, -0.15) is 0 Å². The summed E-state index contributed by atoms with van der Waals surface area (Å²) in [6.07, 6.45) is 1.45. The lowest BCUT2D eigenvalue weighted by molar-refractivity contribution is -0.0759. The number of nitrogens with one attached hydrogen (secondary N) is 1. The molecule has 1 aliphatic heterocycles. The Morgan fingerprint density at radius 2 is 1.95 bits per heavy atom. The Morgan fingerprint density at radius 3 is 2.47 bits per heavy atom. The average Bonchev–Trinajstić information content (AvgIpc) is 2.25. The molecule has 0 radical (unpaired) electrons. The molecule has 0 saturated carbocycles. The van der Waals surface area contributed by atoms with E-state index in [1.54, 1.807) is 0 Å². The maximum atomic E-state index is 10.4. The van der Waals surface area contributed by atoms with Gasteiger partial charge < -0.3 is 15.2 Å². The highest BCUT2D eigenvalue weighted by Gasteiger charge is 2.30. The smallest absolute Gasteiger partial charge is 0.0817 e. The third kappa shape index (κ3) is 7.06. The summed E-state index contributed by atoms with van der Waals surface area (Å²) in [4.78, 5) is 2.15. The predicted octanol–water partition coefficient (Wildman–Crippen LogP) is 1.40. The Morgan fingerprint density at radius 1 is 1.37 bits per heavy atom. The highest BCUT2D eigenvalue weighted by molar-refractivity contribution is 5.01. The lowest BCUT2D eigenvalue weighted by atomic mass is 9.94. The summed E-state index contributed by atoms with van der Waals surface area (Å²) in [5, 5.41) is 13.9. The maximum Gasteiger partial charge on any atom is 0.0817 e. The average molecular weight is 270 g/mol. The molecule has 0 bridgehead atoms. The quantitative estimate of drug-likeness (QED) is 0.716. The number of ether oxygens (including phenoxy) is 1. The fraction of sp³-hybridized carbons (Fsp3) is 0.867. The van der Waals surface area contributed by atoms with Crippen molar-refractivity contribution in [3.05, 3.63) is 12.2 Å². The molecule has 1 fully saturated rings. The van der Waals surface area contributed by atoms with Crippen LogP contribution < -0.4 is 5.32 Å². The molecule has 0 unspecified atom stereocenters. The van der Waals surface area contributed by atoms with E-state index in [2.05, 4.69) is 37.6 Å². The van der Waals surface area contributed by atoms with Crippen molar-refractivity contribution in [3.63, 3.8) is 0 Å². The summed E-state index contributed by atoms with van der Waals surface area (Å²) < 4.78 is 5.30. The van der Waals surface area contributed by atoms with Gasteiger partial charge in [-0.25, -0.2) is 0 Å². The van der Waals surface area contributed by atoms with Gasteiger partial charge in [0, 0.05) is 51.2 Å². The van der Waals surface area contributed by atoms with Crippen molar-refractivity contribution in [2.45, 2.75) is 44.8 Å². The molecule has 0 aromatic carbocycles. The molecule has 0 atom stereocenters. The molecule has 19 heavy (non-hydrogen) atoms. The fourth-order valence-corrected chi connectivity index (χ4v) is 2.30. The zero-order valence-electron chi connectivity index (χ0n) is 13.0. The van der Waals surface area contributed by atoms with Crippen molar-refractivity contribution < 1.29 is 9.84 Å². The maximum absolute atomic E-state index is 10.4. The number of hydrogen-bond acceptors (Lipinski definition) is 4. The fourth-order valence-electron chi connectivity index (χ4n) is 2.30. The molecule has 1 saturated heterocycles. The van der Waals surface area contributed by atoms with Gasteiger partial charge in [0.15, 0.2) is 0 Å². The van der Waals surface area contributed by atoms with Gasteiger partial charge in [-0.15, -0.1) is 0 Å². The molecule has 0 aliphatic carbocycles. The first-order valence-electron chi connectivity index (χ1n) is 7.11.